The van der Waals surface area contributed by atoms with E-state index in [9.17, 15) is 9.59 Å². The lowest BCUT2D eigenvalue weighted by molar-refractivity contribution is 0.0651. The number of nitrogens with one attached hydrogen (secondary N) is 1. The molecule has 0 bridgehead atoms. The molecule has 2 amide bonds. The minimum absolute atomic E-state index is 0.203. The number of ether oxygens (including phenoxy) is 3. The fraction of sp³-hybridized carbons (Fsp3) is 0.233. The van der Waals surface area contributed by atoms with Crippen molar-refractivity contribution in [3.05, 3.63) is 84.1 Å². The molecule has 194 valence electrons. The summed E-state index contributed by atoms with van der Waals surface area (Å²) in [5.41, 5.74) is 2.61. The van der Waals surface area contributed by atoms with Crippen LogP contribution in [0.1, 0.15) is 40.0 Å². The van der Waals surface area contributed by atoms with Crippen molar-refractivity contribution in [1.82, 2.24) is 9.88 Å². The monoisotopic (exact) mass is 511 g/mol. The van der Waals surface area contributed by atoms with Gasteiger partial charge in [0.15, 0.2) is 11.5 Å². The van der Waals surface area contributed by atoms with Gasteiger partial charge >= 0.3 is 0 Å². The van der Waals surface area contributed by atoms with Crippen LogP contribution >= 0.6 is 0 Å². The highest BCUT2D eigenvalue weighted by atomic mass is 16.5. The summed E-state index contributed by atoms with van der Waals surface area (Å²) >= 11 is 0. The van der Waals surface area contributed by atoms with Crippen LogP contribution in [0, 0.1) is 0 Å². The van der Waals surface area contributed by atoms with Crippen LogP contribution in [0.4, 0.5) is 5.69 Å². The van der Waals surface area contributed by atoms with Gasteiger partial charge in [-0.2, -0.15) is 0 Å². The zero-order chi connectivity index (χ0) is 26.5. The minimum atomic E-state index is -0.203. The van der Waals surface area contributed by atoms with E-state index in [-0.39, 0.29) is 11.8 Å². The van der Waals surface area contributed by atoms with Gasteiger partial charge in [0.1, 0.15) is 11.5 Å². The highest BCUT2D eigenvalue weighted by Crippen LogP contribution is 2.42. The number of fused-ring (bicyclic) bond motifs is 2. The van der Waals surface area contributed by atoms with Crippen LogP contribution in [-0.4, -0.2) is 49.0 Å². The fourth-order valence-electron chi connectivity index (χ4n) is 4.59. The number of pyridine rings is 1. The maximum absolute atomic E-state index is 12.5. The number of anilines is 1. The third kappa shape index (κ3) is 4.98. The Morgan fingerprint density at radius 2 is 1.53 bits per heavy atom. The van der Waals surface area contributed by atoms with Crippen LogP contribution in [0.2, 0.25) is 0 Å². The average molecular weight is 512 g/mol. The maximum Gasteiger partial charge on any atom is 0.261 e. The van der Waals surface area contributed by atoms with Gasteiger partial charge in [-0.15, -0.1) is 0 Å². The van der Waals surface area contributed by atoms with Gasteiger partial charge < -0.3 is 19.5 Å². The van der Waals surface area contributed by atoms with Gasteiger partial charge in [0.2, 0.25) is 0 Å². The zero-order valence-electron chi connectivity index (χ0n) is 21.4. The number of unbranched alkanes of at least 4 members (excludes halogenated alkanes) is 2. The van der Waals surface area contributed by atoms with Crippen molar-refractivity contribution in [3.8, 4) is 23.0 Å². The summed E-state index contributed by atoms with van der Waals surface area (Å²) in [5.74, 6) is 2.18. The van der Waals surface area contributed by atoms with Crippen molar-refractivity contribution in [2.24, 2.45) is 0 Å². The summed E-state index contributed by atoms with van der Waals surface area (Å²) in [4.78, 5) is 31.0. The Morgan fingerprint density at radius 3 is 2.21 bits per heavy atom. The van der Waals surface area contributed by atoms with Gasteiger partial charge in [-0.1, -0.05) is 12.1 Å². The van der Waals surface area contributed by atoms with Crippen molar-refractivity contribution in [2.45, 2.75) is 19.3 Å². The first-order valence-electron chi connectivity index (χ1n) is 12.6. The van der Waals surface area contributed by atoms with Gasteiger partial charge in [0.05, 0.1) is 36.6 Å². The molecular formula is C30H29N3O5. The SMILES string of the molecule is COc1ccc(Oc2c(OC)cc(NCCCCCN3C(=O)c4ccccc4C3=O)c3ncccc23)cc1. The Balaban J connectivity index is 1.21. The van der Waals surface area contributed by atoms with Crippen LogP contribution in [0.25, 0.3) is 10.9 Å². The molecular weight excluding hydrogens is 482 g/mol. The molecule has 1 aromatic heterocycles. The summed E-state index contributed by atoms with van der Waals surface area (Å²) in [6, 6.07) is 20.1. The van der Waals surface area contributed by atoms with Crippen molar-refractivity contribution in [3.63, 3.8) is 0 Å². The molecule has 0 radical (unpaired) electrons. The Bertz CT molecular complexity index is 1430. The van der Waals surface area contributed by atoms with Crippen LogP contribution in [0.3, 0.4) is 0 Å². The third-order valence-corrected chi connectivity index (χ3v) is 6.56. The summed E-state index contributed by atoms with van der Waals surface area (Å²) < 4.78 is 17.1. The highest BCUT2D eigenvalue weighted by Gasteiger charge is 2.34. The van der Waals surface area contributed by atoms with Crippen molar-refractivity contribution < 1.29 is 23.8 Å². The number of benzene rings is 3. The van der Waals surface area contributed by atoms with E-state index in [2.05, 4.69) is 10.3 Å². The van der Waals surface area contributed by atoms with Gasteiger partial charge in [-0.25, -0.2) is 0 Å². The molecule has 8 nitrogen and oxygen atoms in total. The molecule has 5 rings (SSSR count). The van der Waals surface area contributed by atoms with Crippen molar-refractivity contribution in [2.75, 3.05) is 32.6 Å². The lowest BCUT2D eigenvalue weighted by atomic mass is 10.1. The van der Waals surface area contributed by atoms with Gasteiger partial charge in [0.25, 0.3) is 11.8 Å². The topological polar surface area (TPSA) is 90.0 Å². The van der Waals surface area contributed by atoms with Gasteiger partial charge in [-0.05, 0) is 67.8 Å². The Hall–Kier alpha value is -4.59. The number of amides is 2. The predicted molar refractivity (Wildman–Crippen MR) is 146 cm³/mol. The molecule has 2 heterocycles. The number of carbonyl (C=O) groups excluding carboxylic acids is 2. The summed E-state index contributed by atoms with van der Waals surface area (Å²) in [6.45, 7) is 1.12. The second kappa shape index (κ2) is 11.2. The molecule has 8 heteroatoms. The molecule has 4 aromatic rings. The summed E-state index contributed by atoms with van der Waals surface area (Å²) in [7, 11) is 3.24. The molecule has 0 spiro atoms. The normalized spacial score (nSPS) is 12.5. The summed E-state index contributed by atoms with van der Waals surface area (Å²) in [5, 5.41) is 4.30. The van der Waals surface area contributed by atoms with E-state index in [0.717, 1.165) is 41.6 Å². The van der Waals surface area contributed by atoms with Crippen molar-refractivity contribution in [1.29, 1.82) is 0 Å². The number of nitrogens with zero attached hydrogens (tertiary/aromatic N) is 2. The molecule has 0 saturated heterocycles. The van der Waals surface area contributed by atoms with E-state index in [1.165, 1.54) is 4.90 Å². The molecule has 1 aliphatic rings. The Kier molecular flexibility index (Phi) is 7.40. The van der Waals surface area contributed by atoms with E-state index in [0.29, 0.717) is 41.5 Å². The molecule has 3 aromatic carbocycles. The maximum atomic E-state index is 12.5. The van der Waals surface area contributed by atoms with E-state index < -0.39 is 0 Å². The first kappa shape index (κ1) is 25.1. The summed E-state index contributed by atoms with van der Waals surface area (Å²) in [6.07, 6.45) is 4.22. The molecule has 0 atom stereocenters. The largest absolute Gasteiger partial charge is 0.497 e. The van der Waals surface area contributed by atoms with Crippen LogP contribution in [-0.2, 0) is 0 Å². The first-order valence-corrected chi connectivity index (χ1v) is 12.6. The number of rotatable bonds is 11. The van der Waals surface area contributed by atoms with E-state index >= 15 is 0 Å². The lowest BCUT2D eigenvalue weighted by Crippen LogP contribution is -2.30. The molecule has 0 aliphatic carbocycles. The molecule has 0 unspecified atom stereocenters. The average Bonchev–Trinajstić information content (AvgIpc) is 3.20. The molecule has 0 saturated carbocycles. The lowest BCUT2D eigenvalue weighted by Gasteiger charge is -2.17. The number of carbonyl (C=O) groups is 2. The first-order chi connectivity index (χ1) is 18.6. The number of hydrogen-bond donors (Lipinski definition) is 1. The predicted octanol–water partition coefficient (Wildman–Crippen LogP) is 5.92. The molecule has 0 fully saturated rings. The van der Waals surface area contributed by atoms with Gasteiger partial charge in [0, 0.05) is 30.7 Å². The van der Waals surface area contributed by atoms with Crippen molar-refractivity contribution >= 4 is 28.4 Å². The molecule has 1 N–H and O–H groups in total. The third-order valence-electron chi connectivity index (χ3n) is 6.56. The zero-order valence-corrected chi connectivity index (χ0v) is 21.4. The van der Waals surface area contributed by atoms with Crippen LogP contribution < -0.4 is 19.5 Å². The number of aromatic nitrogens is 1. The van der Waals surface area contributed by atoms with E-state index in [4.69, 9.17) is 14.2 Å². The molecule has 38 heavy (non-hydrogen) atoms. The number of hydrogen-bond acceptors (Lipinski definition) is 7. The second-order valence-electron chi connectivity index (χ2n) is 8.93. The number of methoxy groups -OCH3 is 2. The standard InChI is InChI=1S/C30H29N3O5/c1-36-20-12-14-21(15-13-20)38-28-24-11-8-17-32-27(24)25(19-26(28)37-2)31-16-6-3-7-18-33-29(34)22-9-4-5-10-23(22)30(33)35/h4-5,8-15,17,19,31H,3,6-7,16,18H2,1-2H3. The van der Waals surface area contributed by atoms with Crippen LogP contribution in [0.5, 0.6) is 23.0 Å². The minimum Gasteiger partial charge on any atom is -0.497 e. The van der Waals surface area contributed by atoms with E-state index in [1.807, 2.05) is 42.5 Å². The Labute approximate surface area is 221 Å². The van der Waals surface area contributed by atoms with Crippen LogP contribution in [0.15, 0.2) is 72.9 Å². The fourth-order valence-corrected chi connectivity index (χ4v) is 4.59. The van der Waals surface area contributed by atoms with E-state index in [1.54, 1.807) is 44.7 Å². The molecule has 1 aliphatic heterocycles. The number of imide groups is 1. The highest BCUT2D eigenvalue weighted by molar-refractivity contribution is 6.21. The quantitative estimate of drug-likeness (QED) is 0.197. The Morgan fingerprint density at radius 1 is 0.816 bits per heavy atom. The van der Waals surface area contributed by atoms with Gasteiger partial charge in [-0.3, -0.25) is 19.5 Å². The smallest absolute Gasteiger partial charge is 0.261 e. The second-order valence-corrected chi connectivity index (χ2v) is 8.93.